The van der Waals surface area contributed by atoms with Crippen LogP contribution in [0.3, 0.4) is 0 Å². The van der Waals surface area contributed by atoms with Crippen LogP contribution in [0.2, 0.25) is 0 Å². The van der Waals surface area contributed by atoms with E-state index < -0.39 is 0 Å². The van der Waals surface area contributed by atoms with Crippen molar-refractivity contribution in [2.45, 2.75) is 25.9 Å². The van der Waals surface area contributed by atoms with Crippen LogP contribution in [-0.2, 0) is 16.0 Å². The van der Waals surface area contributed by atoms with Gasteiger partial charge in [-0.3, -0.25) is 9.78 Å². The average molecular weight is 284 g/mol. The van der Waals surface area contributed by atoms with Gasteiger partial charge in [-0.25, -0.2) is 0 Å². The molecule has 0 spiro atoms. The number of pyridine rings is 1. The van der Waals surface area contributed by atoms with Crippen molar-refractivity contribution in [1.82, 2.24) is 4.98 Å². The molecule has 0 radical (unpaired) electrons. The number of hydrogen-bond acceptors (Lipinski definition) is 3. The van der Waals surface area contributed by atoms with Gasteiger partial charge in [0, 0.05) is 29.9 Å². The van der Waals surface area contributed by atoms with Gasteiger partial charge in [0.15, 0.2) is 5.78 Å². The van der Waals surface area contributed by atoms with Crippen LogP contribution >= 0.6 is 15.9 Å². The van der Waals surface area contributed by atoms with Crippen molar-refractivity contribution >= 4 is 21.7 Å². The first-order valence-corrected chi connectivity index (χ1v) is 6.20. The molecule has 0 saturated carbocycles. The van der Waals surface area contributed by atoms with Crippen molar-refractivity contribution in [1.29, 1.82) is 0 Å². The Morgan fingerprint density at radius 3 is 3.06 bits per heavy atom. The van der Waals surface area contributed by atoms with Gasteiger partial charge in [-0.2, -0.15) is 0 Å². The van der Waals surface area contributed by atoms with E-state index in [9.17, 15) is 4.79 Å². The first kappa shape index (κ1) is 11.7. The van der Waals surface area contributed by atoms with E-state index in [2.05, 4.69) is 27.8 Å². The highest BCUT2D eigenvalue weighted by Crippen LogP contribution is 2.22. The van der Waals surface area contributed by atoms with Gasteiger partial charge in [-0.1, -0.05) is 6.92 Å². The first-order chi connectivity index (χ1) is 7.66. The number of hydrogen-bond donors (Lipinski definition) is 0. The summed E-state index contributed by atoms with van der Waals surface area (Å²) in [6.07, 6.45) is 4.60. The molecule has 1 aliphatic rings. The van der Waals surface area contributed by atoms with Crippen molar-refractivity contribution in [3.63, 3.8) is 0 Å². The normalized spacial score (nSPS) is 24.6. The number of carbonyl (C=O) groups excluding carboxylic acids is 1. The van der Waals surface area contributed by atoms with Crippen LogP contribution in [0.5, 0.6) is 0 Å². The monoisotopic (exact) mass is 283 g/mol. The summed E-state index contributed by atoms with van der Waals surface area (Å²) in [7, 11) is 0. The topological polar surface area (TPSA) is 39.2 Å². The molecule has 3 nitrogen and oxygen atoms in total. The Balaban J connectivity index is 2.02. The van der Waals surface area contributed by atoms with Gasteiger partial charge in [0.1, 0.15) is 6.10 Å². The summed E-state index contributed by atoms with van der Waals surface area (Å²) < 4.78 is 6.35. The molecule has 86 valence electrons. The molecular weight excluding hydrogens is 270 g/mol. The Morgan fingerprint density at radius 1 is 1.62 bits per heavy atom. The molecule has 0 bridgehead atoms. The molecule has 2 heterocycles. The second kappa shape index (κ2) is 5.06. The fourth-order valence-electron chi connectivity index (χ4n) is 1.96. The number of ketones is 1. The maximum absolute atomic E-state index is 12.0. The van der Waals surface area contributed by atoms with Crippen LogP contribution in [0, 0.1) is 5.92 Å². The summed E-state index contributed by atoms with van der Waals surface area (Å²) in [4.78, 5) is 16.0. The summed E-state index contributed by atoms with van der Waals surface area (Å²) in [6.45, 7) is 2.77. The lowest BCUT2D eigenvalue weighted by molar-refractivity contribution is -0.128. The van der Waals surface area contributed by atoms with Gasteiger partial charge in [-0.05, 0) is 39.9 Å². The number of halogens is 1. The zero-order valence-electron chi connectivity index (χ0n) is 9.15. The Bertz CT molecular complexity index is 394. The molecule has 0 amide bonds. The Hall–Kier alpha value is -0.740. The molecule has 0 N–H and O–H groups in total. The van der Waals surface area contributed by atoms with Crippen molar-refractivity contribution in [3.8, 4) is 0 Å². The zero-order valence-corrected chi connectivity index (χ0v) is 10.7. The van der Waals surface area contributed by atoms with E-state index in [1.54, 1.807) is 12.4 Å². The molecular formula is C12H14BrNO2. The van der Waals surface area contributed by atoms with E-state index in [0.29, 0.717) is 18.9 Å². The number of Topliss-reactive ketones (excluding diaryl/α,β-unsaturated/α-hetero) is 1. The summed E-state index contributed by atoms with van der Waals surface area (Å²) >= 11 is 3.34. The maximum Gasteiger partial charge on any atom is 0.166 e. The quantitative estimate of drug-likeness (QED) is 0.855. The van der Waals surface area contributed by atoms with Crippen LogP contribution in [0.25, 0.3) is 0 Å². The Kier molecular flexibility index (Phi) is 3.71. The zero-order chi connectivity index (χ0) is 11.5. The lowest BCUT2D eigenvalue weighted by Gasteiger charge is -2.12. The lowest BCUT2D eigenvalue weighted by atomic mass is 9.97. The average Bonchev–Trinajstić information content (AvgIpc) is 2.64. The van der Waals surface area contributed by atoms with E-state index in [1.807, 2.05) is 6.07 Å². The summed E-state index contributed by atoms with van der Waals surface area (Å²) in [6, 6.07) is 1.92. The van der Waals surface area contributed by atoms with Gasteiger partial charge in [-0.15, -0.1) is 0 Å². The van der Waals surface area contributed by atoms with E-state index in [0.717, 1.165) is 16.5 Å². The fourth-order valence-corrected chi connectivity index (χ4v) is 2.37. The molecule has 2 unspecified atom stereocenters. The van der Waals surface area contributed by atoms with Crippen LogP contribution < -0.4 is 0 Å². The predicted octanol–water partition coefficient (Wildman–Crippen LogP) is 2.38. The minimum Gasteiger partial charge on any atom is -0.370 e. The summed E-state index contributed by atoms with van der Waals surface area (Å²) in [5, 5.41) is 0. The van der Waals surface area contributed by atoms with Crippen LogP contribution in [-0.4, -0.2) is 23.5 Å². The minimum absolute atomic E-state index is 0.157. The third-order valence-corrected chi connectivity index (χ3v) is 3.28. The molecule has 0 aliphatic carbocycles. The molecule has 2 atom stereocenters. The van der Waals surface area contributed by atoms with Crippen molar-refractivity contribution in [3.05, 3.63) is 28.5 Å². The van der Waals surface area contributed by atoms with Gasteiger partial charge in [0.2, 0.25) is 0 Å². The highest BCUT2D eigenvalue weighted by Gasteiger charge is 2.30. The smallest absolute Gasteiger partial charge is 0.166 e. The number of ether oxygens (including phenoxy) is 1. The van der Waals surface area contributed by atoms with E-state index in [-0.39, 0.29) is 11.9 Å². The van der Waals surface area contributed by atoms with Crippen LogP contribution in [0.1, 0.15) is 18.9 Å². The predicted molar refractivity (Wildman–Crippen MR) is 64.2 cm³/mol. The van der Waals surface area contributed by atoms with Crippen molar-refractivity contribution in [2.75, 3.05) is 6.61 Å². The first-order valence-electron chi connectivity index (χ1n) is 5.40. The van der Waals surface area contributed by atoms with Crippen molar-refractivity contribution < 1.29 is 9.53 Å². The molecule has 0 aromatic carbocycles. The molecule has 1 aliphatic heterocycles. The standard InChI is InChI=1S/C12H14BrNO2/c1-8-2-3-16-12(8)11(15)5-9-4-10(13)7-14-6-9/h4,6-8,12H,2-3,5H2,1H3. The summed E-state index contributed by atoms with van der Waals surface area (Å²) in [5.74, 6) is 0.498. The number of carbonyl (C=O) groups is 1. The number of aromatic nitrogens is 1. The molecule has 1 aromatic rings. The molecule has 2 rings (SSSR count). The second-order valence-corrected chi connectivity index (χ2v) is 5.13. The molecule has 1 fully saturated rings. The largest absolute Gasteiger partial charge is 0.370 e. The van der Waals surface area contributed by atoms with E-state index >= 15 is 0 Å². The van der Waals surface area contributed by atoms with Gasteiger partial charge >= 0.3 is 0 Å². The Morgan fingerprint density at radius 2 is 2.44 bits per heavy atom. The lowest BCUT2D eigenvalue weighted by Crippen LogP contribution is -2.26. The number of nitrogens with zero attached hydrogens (tertiary/aromatic N) is 1. The molecule has 1 aromatic heterocycles. The number of rotatable bonds is 3. The van der Waals surface area contributed by atoms with Crippen molar-refractivity contribution in [2.24, 2.45) is 5.92 Å². The SMILES string of the molecule is CC1CCOC1C(=O)Cc1cncc(Br)c1. The van der Waals surface area contributed by atoms with Gasteiger partial charge in [0.25, 0.3) is 0 Å². The third-order valence-electron chi connectivity index (χ3n) is 2.84. The second-order valence-electron chi connectivity index (χ2n) is 4.21. The minimum atomic E-state index is -0.223. The van der Waals surface area contributed by atoms with E-state index in [1.165, 1.54) is 0 Å². The highest BCUT2D eigenvalue weighted by molar-refractivity contribution is 9.10. The van der Waals surface area contributed by atoms with Crippen LogP contribution in [0.15, 0.2) is 22.9 Å². The molecule has 4 heteroatoms. The Labute approximate surface area is 103 Å². The van der Waals surface area contributed by atoms with Gasteiger partial charge < -0.3 is 4.74 Å². The molecule has 1 saturated heterocycles. The molecule has 16 heavy (non-hydrogen) atoms. The van der Waals surface area contributed by atoms with Crippen LogP contribution in [0.4, 0.5) is 0 Å². The summed E-state index contributed by atoms with van der Waals surface area (Å²) in [5.41, 5.74) is 0.932. The highest BCUT2D eigenvalue weighted by atomic mass is 79.9. The third kappa shape index (κ3) is 2.68. The van der Waals surface area contributed by atoms with Gasteiger partial charge in [0.05, 0.1) is 0 Å². The maximum atomic E-state index is 12.0. The fraction of sp³-hybridized carbons (Fsp3) is 0.500. The van der Waals surface area contributed by atoms with E-state index in [4.69, 9.17) is 4.74 Å².